The van der Waals surface area contributed by atoms with E-state index in [2.05, 4.69) is 19.2 Å². The lowest BCUT2D eigenvalue weighted by Gasteiger charge is -2.12. The zero-order chi connectivity index (χ0) is 15.1. The fourth-order valence-electron chi connectivity index (χ4n) is 1.66. The minimum Gasteiger partial charge on any atom is -0.447 e. The summed E-state index contributed by atoms with van der Waals surface area (Å²) < 4.78 is 10.2. The summed E-state index contributed by atoms with van der Waals surface area (Å²) >= 11 is 0. The molecule has 0 aliphatic carbocycles. The third-order valence-corrected chi connectivity index (χ3v) is 2.91. The molecule has 20 heavy (non-hydrogen) atoms. The van der Waals surface area contributed by atoms with Gasteiger partial charge in [-0.25, -0.2) is 4.79 Å². The van der Waals surface area contributed by atoms with E-state index in [9.17, 15) is 9.90 Å². The van der Waals surface area contributed by atoms with Crippen LogP contribution in [0, 0.1) is 0 Å². The maximum Gasteiger partial charge on any atom is 0.407 e. The quantitative estimate of drug-likeness (QED) is 0.512. The van der Waals surface area contributed by atoms with Crippen LogP contribution in [0.1, 0.15) is 58.8 Å². The average Bonchev–Trinajstić information content (AvgIpc) is 2.45. The van der Waals surface area contributed by atoms with E-state index in [1.165, 1.54) is 19.3 Å². The monoisotopic (exact) mass is 289 g/mol. The van der Waals surface area contributed by atoms with Crippen LogP contribution in [0.3, 0.4) is 0 Å². The average molecular weight is 289 g/mol. The summed E-state index contributed by atoms with van der Waals surface area (Å²) in [6, 6.07) is 0. The Labute approximate surface area is 123 Å². The van der Waals surface area contributed by atoms with Gasteiger partial charge in [-0.05, 0) is 12.8 Å². The van der Waals surface area contributed by atoms with Gasteiger partial charge in [-0.1, -0.05) is 46.0 Å². The Hall–Kier alpha value is -0.810. The first-order valence-electron chi connectivity index (χ1n) is 7.87. The highest BCUT2D eigenvalue weighted by Gasteiger charge is 2.08. The number of carbonyl (C=O) groups excluding carboxylic acids is 1. The standard InChI is InChI=1S/C15H31NO4/c1-3-5-7-8-9-10-16-15(18)20-13-14(17)12-19-11-6-4-2/h14,17H,3-13H2,1-2H3,(H,16,18). The lowest BCUT2D eigenvalue weighted by molar-refractivity contribution is -0.000549. The Bertz CT molecular complexity index is 224. The first-order valence-corrected chi connectivity index (χ1v) is 7.87. The molecule has 0 saturated heterocycles. The van der Waals surface area contributed by atoms with E-state index >= 15 is 0 Å². The highest BCUT2D eigenvalue weighted by Crippen LogP contribution is 2.01. The summed E-state index contributed by atoms with van der Waals surface area (Å²) in [5, 5.41) is 12.2. The van der Waals surface area contributed by atoms with E-state index in [0.29, 0.717) is 13.2 Å². The van der Waals surface area contributed by atoms with E-state index < -0.39 is 12.2 Å². The first kappa shape index (κ1) is 19.2. The van der Waals surface area contributed by atoms with Crippen molar-refractivity contribution in [3.8, 4) is 0 Å². The van der Waals surface area contributed by atoms with Crippen molar-refractivity contribution in [2.75, 3.05) is 26.4 Å². The van der Waals surface area contributed by atoms with Crippen LogP contribution in [-0.2, 0) is 9.47 Å². The number of amides is 1. The van der Waals surface area contributed by atoms with Gasteiger partial charge < -0.3 is 19.9 Å². The topological polar surface area (TPSA) is 67.8 Å². The molecule has 120 valence electrons. The number of hydrogen-bond acceptors (Lipinski definition) is 4. The molecule has 0 bridgehead atoms. The predicted octanol–water partition coefficient (Wildman–Crippen LogP) is 2.86. The number of rotatable bonds is 13. The van der Waals surface area contributed by atoms with Crippen LogP contribution in [0.2, 0.25) is 0 Å². The lowest BCUT2D eigenvalue weighted by atomic mass is 10.1. The summed E-state index contributed by atoms with van der Waals surface area (Å²) in [7, 11) is 0. The Morgan fingerprint density at radius 1 is 1.05 bits per heavy atom. The van der Waals surface area contributed by atoms with Crippen LogP contribution in [0.25, 0.3) is 0 Å². The number of ether oxygens (including phenoxy) is 2. The van der Waals surface area contributed by atoms with Crippen molar-refractivity contribution >= 4 is 6.09 Å². The van der Waals surface area contributed by atoms with Gasteiger partial charge in [0.1, 0.15) is 12.7 Å². The number of unbranched alkanes of at least 4 members (excludes halogenated alkanes) is 5. The van der Waals surface area contributed by atoms with Crippen molar-refractivity contribution in [2.24, 2.45) is 0 Å². The molecule has 0 aliphatic rings. The molecule has 0 spiro atoms. The summed E-state index contributed by atoms with van der Waals surface area (Å²) in [6.45, 7) is 5.71. The number of aliphatic hydroxyl groups excluding tert-OH is 1. The molecule has 1 amide bonds. The van der Waals surface area contributed by atoms with Crippen LogP contribution in [-0.4, -0.2) is 43.7 Å². The van der Waals surface area contributed by atoms with E-state index in [1.807, 2.05) is 0 Å². The molecule has 0 rings (SSSR count). The van der Waals surface area contributed by atoms with Crippen LogP contribution in [0.15, 0.2) is 0 Å². The molecule has 0 heterocycles. The summed E-state index contributed by atoms with van der Waals surface area (Å²) in [5.74, 6) is 0. The molecule has 5 nitrogen and oxygen atoms in total. The maximum absolute atomic E-state index is 11.3. The second-order valence-corrected chi connectivity index (χ2v) is 5.02. The molecular formula is C15H31NO4. The zero-order valence-corrected chi connectivity index (χ0v) is 13.0. The van der Waals surface area contributed by atoms with Gasteiger partial charge in [0, 0.05) is 13.2 Å². The number of aliphatic hydroxyl groups is 1. The van der Waals surface area contributed by atoms with Gasteiger partial charge in [0.2, 0.25) is 0 Å². The largest absolute Gasteiger partial charge is 0.447 e. The third-order valence-electron chi connectivity index (χ3n) is 2.91. The van der Waals surface area contributed by atoms with Gasteiger partial charge in [0.15, 0.2) is 0 Å². The van der Waals surface area contributed by atoms with E-state index in [4.69, 9.17) is 9.47 Å². The molecule has 0 aromatic heterocycles. The van der Waals surface area contributed by atoms with Gasteiger partial charge in [-0.2, -0.15) is 0 Å². The SMILES string of the molecule is CCCCCCCNC(=O)OCC(O)COCCCC. The second-order valence-electron chi connectivity index (χ2n) is 5.02. The van der Waals surface area contributed by atoms with Crippen molar-refractivity contribution in [1.82, 2.24) is 5.32 Å². The molecule has 0 aromatic carbocycles. The molecule has 1 unspecified atom stereocenters. The predicted molar refractivity (Wildman–Crippen MR) is 79.8 cm³/mol. The van der Waals surface area contributed by atoms with Gasteiger partial charge in [-0.3, -0.25) is 0 Å². The molecule has 0 saturated carbocycles. The van der Waals surface area contributed by atoms with Crippen molar-refractivity contribution < 1.29 is 19.4 Å². The Morgan fingerprint density at radius 3 is 2.45 bits per heavy atom. The highest BCUT2D eigenvalue weighted by atomic mass is 16.6. The van der Waals surface area contributed by atoms with Crippen molar-refractivity contribution in [1.29, 1.82) is 0 Å². The smallest absolute Gasteiger partial charge is 0.407 e. The van der Waals surface area contributed by atoms with Crippen LogP contribution in [0.5, 0.6) is 0 Å². The van der Waals surface area contributed by atoms with Gasteiger partial charge in [0.25, 0.3) is 0 Å². The van der Waals surface area contributed by atoms with Gasteiger partial charge in [0.05, 0.1) is 6.61 Å². The summed E-state index contributed by atoms with van der Waals surface area (Å²) in [5.41, 5.74) is 0. The number of hydrogen-bond donors (Lipinski definition) is 2. The third kappa shape index (κ3) is 13.6. The van der Waals surface area contributed by atoms with Crippen molar-refractivity contribution in [3.63, 3.8) is 0 Å². The maximum atomic E-state index is 11.3. The summed E-state index contributed by atoms with van der Waals surface area (Å²) in [4.78, 5) is 11.3. The lowest BCUT2D eigenvalue weighted by Crippen LogP contribution is -2.30. The Balaban J connectivity index is 3.34. The van der Waals surface area contributed by atoms with Crippen LogP contribution >= 0.6 is 0 Å². The number of nitrogens with one attached hydrogen (secondary N) is 1. The molecule has 2 N–H and O–H groups in total. The molecule has 0 radical (unpaired) electrons. The van der Waals surface area contributed by atoms with Crippen molar-refractivity contribution in [2.45, 2.75) is 64.9 Å². The van der Waals surface area contributed by atoms with Gasteiger partial charge in [-0.15, -0.1) is 0 Å². The fraction of sp³-hybridized carbons (Fsp3) is 0.933. The van der Waals surface area contributed by atoms with E-state index in [0.717, 1.165) is 25.7 Å². The molecule has 0 aromatic rings. The first-order chi connectivity index (χ1) is 9.70. The normalized spacial score (nSPS) is 12.2. The molecule has 1 atom stereocenters. The van der Waals surface area contributed by atoms with Crippen LogP contribution < -0.4 is 5.32 Å². The molecule has 0 fully saturated rings. The minimum atomic E-state index is -0.748. The molecular weight excluding hydrogens is 258 g/mol. The van der Waals surface area contributed by atoms with E-state index in [-0.39, 0.29) is 13.2 Å². The van der Waals surface area contributed by atoms with Gasteiger partial charge >= 0.3 is 6.09 Å². The zero-order valence-electron chi connectivity index (χ0n) is 13.0. The molecule has 0 aliphatic heterocycles. The highest BCUT2D eigenvalue weighted by molar-refractivity contribution is 5.67. The number of alkyl carbamates (subject to hydrolysis) is 1. The Kier molecular flexibility index (Phi) is 14.0. The second kappa shape index (κ2) is 14.6. The minimum absolute atomic E-state index is 0.0200. The number of carbonyl (C=O) groups is 1. The Morgan fingerprint density at radius 2 is 1.75 bits per heavy atom. The fourth-order valence-corrected chi connectivity index (χ4v) is 1.66. The van der Waals surface area contributed by atoms with Crippen molar-refractivity contribution in [3.05, 3.63) is 0 Å². The molecule has 5 heteroatoms. The van der Waals surface area contributed by atoms with E-state index in [1.54, 1.807) is 0 Å². The van der Waals surface area contributed by atoms with Crippen LogP contribution in [0.4, 0.5) is 4.79 Å². The summed E-state index contributed by atoms with van der Waals surface area (Å²) in [6.07, 6.45) is 6.60.